The first-order chi connectivity index (χ1) is 12.9. The molecule has 1 aliphatic rings. The Hall–Kier alpha value is -2.29. The quantitative estimate of drug-likeness (QED) is 0.497. The number of hydrogen-bond acceptors (Lipinski definition) is 1. The Morgan fingerprint density at radius 3 is 2.04 bits per heavy atom. The van der Waals surface area contributed by atoms with Crippen LogP contribution in [-0.4, -0.2) is 10.8 Å². The summed E-state index contributed by atoms with van der Waals surface area (Å²) in [4.78, 5) is 15.4. The molecule has 0 spiro atoms. The van der Waals surface area contributed by atoms with Gasteiger partial charge in [-0.1, -0.05) is 65.7 Å². The second-order valence-corrected chi connectivity index (χ2v) is 7.90. The summed E-state index contributed by atoms with van der Waals surface area (Å²) in [6, 6.07) is 23.1. The first kappa shape index (κ1) is 18.1. The Labute approximate surface area is 169 Å². The molecule has 27 heavy (non-hydrogen) atoms. The molecule has 2 nitrogen and oxygen atoms in total. The van der Waals surface area contributed by atoms with Gasteiger partial charge < -0.3 is 4.90 Å². The molecule has 0 saturated carbocycles. The Morgan fingerprint density at radius 1 is 0.852 bits per heavy atom. The molecule has 0 radical (unpaired) electrons. The van der Waals surface area contributed by atoms with Crippen LogP contribution in [0.5, 0.6) is 0 Å². The van der Waals surface area contributed by atoms with E-state index in [1.54, 1.807) is 0 Å². The minimum atomic E-state index is -0.586. The van der Waals surface area contributed by atoms with Crippen LogP contribution in [0.25, 0.3) is 0 Å². The number of nitrogens with zero attached hydrogens (tertiary/aromatic N) is 1. The van der Waals surface area contributed by atoms with E-state index in [9.17, 15) is 4.79 Å². The van der Waals surface area contributed by atoms with E-state index in [2.05, 4.69) is 13.8 Å². The molecule has 4 rings (SSSR count). The number of hydrogen-bond donors (Lipinski definition) is 0. The second-order valence-electron chi connectivity index (χ2n) is 7.03. The third-order valence-electron chi connectivity index (χ3n) is 5.53. The summed E-state index contributed by atoms with van der Waals surface area (Å²) in [5.41, 5.74) is 3.25. The summed E-state index contributed by atoms with van der Waals surface area (Å²) in [5, 5.41) is 1.36. The summed E-state index contributed by atoms with van der Waals surface area (Å²) in [6.07, 6.45) is 0. The number of amides is 1. The third-order valence-corrected chi connectivity index (χ3v) is 6.03. The van der Waals surface area contributed by atoms with Crippen LogP contribution in [0.1, 0.15) is 46.9 Å². The number of benzene rings is 3. The lowest BCUT2D eigenvalue weighted by atomic mass is 9.83. The van der Waals surface area contributed by atoms with Gasteiger partial charge in [-0.2, -0.15) is 0 Å². The van der Waals surface area contributed by atoms with Gasteiger partial charge in [0, 0.05) is 15.6 Å². The predicted octanol–water partition coefficient (Wildman–Crippen LogP) is 6.47. The smallest absolute Gasteiger partial charge is 0.255 e. The third kappa shape index (κ3) is 2.84. The Kier molecular flexibility index (Phi) is 4.49. The van der Waals surface area contributed by atoms with Crippen molar-refractivity contribution in [2.75, 3.05) is 0 Å². The van der Waals surface area contributed by atoms with Crippen LogP contribution in [0.3, 0.4) is 0 Å². The summed E-state index contributed by atoms with van der Waals surface area (Å²) in [5.74, 6) is 0.0329. The highest BCUT2D eigenvalue weighted by molar-refractivity contribution is 6.30. The number of fused-ring (bicyclic) bond motifs is 1. The molecular weight excluding hydrogens is 377 g/mol. The predicted molar refractivity (Wildman–Crippen MR) is 110 cm³/mol. The lowest BCUT2D eigenvalue weighted by molar-refractivity contribution is 0.0540. The fourth-order valence-electron chi connectivity index (χ4n) is 4.08. The van der Waals surface area contributed by atoms with Crippen molar-refractivity contribution in [3.63, 3.8) is 0 Å². The normalized spacial score (nSPS) is 19.9. The highest BCUT2D eigenvalue weighted by atomic mass is 35.5. The standard InChI is InChI=1S/C23H19Cl2NO/c1-15(16-7-11-18(24)12-8-16)26-22(27)20-5-3-4-6-21(20)23(26,2)17-9-13-19(25)14-10-17/h3-15H,1-2H3/t15-,23?/m0/s1. The number of carbonyl (C=O) groups is 1. The molecule has 3 aromatic rings. The van der Waals surface area contributed by atoms with Gasteiger partial charge in [-0.25, -0.2) is 0 Å². The topological polar surface area (TPSA) is 20.3 Å². The summed E-state index contributed by atoms with van der Waals surface area (Å²) in [6.45, 7) is 4.16. The summed E-state index contributed by atoms with van der Waals surface area (Å²) in [7, 11) is 0. The maximum atomic E-state index is 13.4. The first-order valence-electron chi connectivity index (χ1n) is 8.87. The molecule has 0 N–H and O–H groups in total. The van der Waals surface area contributed by atoms with Gasteiger partial charge in [0.15, 0.2) is 0 Å². The molecule has 0 fully saturated rings. The van der Waals surface area contributed by atoms with Crippen LogP contribution >= 0.6 is 23.2 Å². The highest BCUT2D eigenvalue weighted by Gasteiger charge is 2.49. The van der Waals surface area contributed by atoms with Crippen molar-refractivity contribution in [1.29, 1.82) is 0 Å². The molecule has 0 aliphatic carbocycles. The van der Waals surface area contributed by atoms with Crippen molar-refractivity contribution in [2.45, 2.75) is 25.4 Å². The van der Waals surface area contributed by atoms with Crippen LogP contribution in [0.15, 0.2) is 72.8 Å². The fraction of sp³-hybridized carbons (Fsp3) is 0.174. The van der Waals surface area contributed by atoms with Gasteiger partial charge in [-0.3, -0.25) is 4.79 Å². The summed E-state index contributed by atoms with van der Waals surface area (Å²) >= 11 is 12.2. The molecule has 1 unspecified atom stereocenters. The van der Waals surface area contributed by atoms with Crippen molar-refractivity contribution in [1.82, 2.24) is 4.90 Å². The zero-order chi connectivity index (χ0) is 19.2. The van der Waals surface area contributed by atoms with E-state index in [0.717, 1.165) is 22.3 Å². The fourth-order valence-corrected chi connectivity index (χ4v) is 4.33. The Balaban J connectivity index is 1.89. The van der Waals surface area contributed by atoms with Crippen molar-refractivity contribution >= 4 is 29.1 Å². The van der Waals surface area contributed by atoms with E-state index < -0.39 is 5.54 Å². The van der Waals surface area contributed by atoms with Gasteiger partial charge in [0.1, 0.15) is 0 Å². The summed E-state index contributed by atoms with van der Waals surface area (Å²) < 4.78 is 0. The van der Waals surface area contributed by atoms with Crippen LogP contribution < -0.4 is 0 Å². The van der Waals surface area contributed by atoms with Crippen LogP contribution in [0.2, 0.25) is 10.0 Å². The first-order valence-corrected chi connectivity index (χ1v) is 9.63. The van der Waals surface area contributed by atoms with Gasteiger partial charge in [-0.15, -0.1) is 0 Å². The largest absolute Gasteiger partial charge is 0.318 e. The van der Waals surface area contributed by atoms with Crippen LogP contribution in [0.4, 0.5) is 0 Å². The van der Waals surface area contributed by atoms with Crippen LogP contribution in [0, 0.1) is 0 Å². The zero-order valence-electron chi connectivity index (χ0n) is 15.1. The van der Waals surface area contributed by atoms with Gasteiger partial charge in [0.2, 0.25) is 0 Å². The van der Waals surface area contributed by atoms with E-state index >= 15 is 0 Å². The van der Waals surface area contributed by atoms with Gasteiger partial charge in [0.25, 0.3) is 5.91 Å². The second kappa shape index (κ2) is 6.70. The van der Waals surface area contributed by atoms with E-state index in [1.807, 2.05) is 77.7 Å². The maximum Gasteiger partial charge on any atom is 0.255 e. The number of carbonyl (C=O) groups excluding carboxylic acids is 1. The minimum Gasteiger partial charge on any atom is -0.318 e. The van der Waals surface area contributed by atoms with Gasteiger partial charge in [-0.05, 0) is 60.9 Å². The molecule has 1 aliphatic heterocycles. The molecule has 0 saturated heterocycles. The molecule has 2 atom stereocenters. The minimum absolute atomic E-state index is 0.0329. The molecule has 136 valence electrons. The van der Waals surface area contributed by atoms with Crippen LogP contribution in [-0.2, 0) is 5.54 Å². The van der Waals surface area contributed by atoms with Gasteiger partial charge >= 0.3 is 0 Å². The Bertz CT molecular complexity index is 998. The molecule has 4 heteroatoms. The number of rotatable bonds is 3. The van der Waals surface area contributed by atoms with E-state index in [-0.39, 0.29) is 11.9 Å². The average molecular weight is 396 g/mol. The van der Waals surface area contributed by atoms with E-state index in [4.69, 9.17) is 23.2 Å². The lowest BCUT2D eigenvalue weighted by Crippen LogP contribution is -2.43. The molecule has 0 bridgehead atoms. The number of halogens is 2. The molecule has 0 aromatic heterocycles. The molecule has 3 aromatic carbocycles. The highest BCUT2D eigenvalue weighted by Crippen LogP contribution is 2.48. The van der Waals surface area contributed by atoms with Crippen molar-refractivity contribution in [3.8, 4) is 0 Å². The molecular formula is C23H19Cl2NO. The molecule has 1 amide bonds. The SMILES string of the molecule is C[C@@H](c1ccc(Cl)cc1)N1C(=O)c2ccccc2C1(C)c1ccc(Cl)cc1. The zero-order valence-corrected chi connectivity index (χ0v) is 16.6. The van der Waals surface area contributed by atoms with Crippen molar-refractivity contribution < 1.29 is 4.79 Å². The van der Waals surface area contributed by atoms with Crippen molar-refractivity contribution in [3.05, 3.63) is 105 Å². The Morgan fingerprint density at radius 2 is 1.41 bits per heavy atom. The lowest BCUT2D eigenvalue weighted by Gasteiger charge is -2.41. The van der Waals surface area contributed by atoms with E-state index in [1.165, 1.54) is 0 Å². The van der Waals surface area contributed by atoms with Gasteiger partial charge in [0.05, 0.1) is 11.6 Å². The average Bonchev–Trinajstić information content (AvgIpc) is 2.91. The molecule has 1 heterocycles. The maximum absolute atomic E-state index is 13.4. The van der Waals surface area contributed by atoms with Crippen molar-refractivity contribution in [2.24, 2.45) is 0 Å². The van der Waals surface area contributed by atoms with E-state index in [0.29, 0.717) is 10.0 Å². The monoisotopic (exact) mass is 395 g/mol.